The van der Waals surface area contributed by atoms with Crippen LogP contribution in [0.15, 0.2) is 4.47 Å². The molecule has 0 saturated heterocycles. The summed E-state index contributed by atoms with van der Waals surface area (Å²) in [5.74, 6) is 2.60. The number of hydrogen-bond acceptors (Lipinski definition) is 3. The van der Waals surface area contributed by atoms with E-state index in [2.05, 4.69) is 40.1 Å². The summed E-state index contributed by atoms with van der Waals surface area (Å²) in [6.07, 6.45) is 5.95. The van der Waals surface area contributed by atoms with Gasteiger partial charge in [0, 0.05) is 12.5 Å². The Morgan fingerprint density at radius 1 is 1.29 bits per heavy atom. The molecule has 0 amide bonds. The van der Waals surface area contributed by atoms with Gasteiger partial charge in [0.05, 0.1) is 10.2 Å². The van der Waals surface area contributed by atoms with Crippen LogP contribution in [-0.4, -0.2) is 16.5 Å². The topological polar surface area (TPSA) is 37.8 Å². The molecular weight excluding hydrogens is 278 g/mol. The van der Waals surface area contributed by atoms with Crippen LogP contribution in [0.1, 0.15) is 57.0 Å². The summed E-state index contributed by atoms with van der Waals surface area (Å²) in [5, 5.41) is 3.32. The molecule has 0 radical (unpaired) electrons. The maximum atomic E-state index is 4.73. The molecule has 1 fully saturated rings. The second-order valence-corrected chi connectivity index (χ2v) is 5.39. The van der Waals surface area contributed by atoms with Crippen molar-refractivity contribution in [2.75, 3.05) is 11.9 Å². The van der Waals surface area contributed by atoms with Gasteiger partial charge in [-0.15, -0.1) is 0 Å². The van der Waals surface area contributed by atoms with Crippen LogP contribution in [0.3, 0.4) is 0 Å². The molecule has 0 unspecified atom stereocenters. The number of nitrogens with zero attached hydrogens (tertiary/aromatic N) is 2. The van der Waals surface area contributed by atoms with Gasteiger partial charge in [0.25, 0.3) is 0 Å². The largest absolute Gasteiger partial charge is 0.369 e. The average Bonchev–Trinajstić information content (AvgIpc) is 2.23. The van der Waals surface area contributed by atoms with Crippen molar-refractivity contribution >= 4 is 21.7 Å². The van der Waals surface area contributed by atoms with Crippen molar-refractivity contribution in [3.63, 3.8) is 0 Å². The van der Waals surface area contributed by atoms with Gasteiger partial charge in [0.1, 0.15) is 11.6 Å². The van der Waals surface area contributed by atoms with Crippen molar-refractivity contribution in [2.45, 2.75) is 51.9 Å². The normalized spacial score (nSPS) is 15.7. The third kappa shape index (κ3) is 2.79. The van der Waals surface area contributed by atoms with Crippen LogP contribution in [0.5, 0.6) is 0 Å². The Balaban J connectivity index is 2.32. The van der Waals surface area contributed by atoms with E-state index >= 15 is 0 Å². The summed E-state index contributed by atoms with van der Waals surface area (Å²) < 4.78 is 1.05. The lowest BCUT2D eigenvalue weighted by atomic mass is 9.85. The van der Waals surface area contributed by atoms with E-state index in [0.29, 0.717) is 5.92 Å². The maximum absolute atomic E-state index is 4.73. The fraction of sp³-hybridized carbons (Fsp3) is 0.692. The minimum absolute atomic E-state index is 0.594. The van der Waals surface area contributed by atoms with E-state index in [1.165, 1.54) is 19.3 Å². The standard InChI is InChI=1S/C13H20BrN3/c1-3-6-10-11(14)13(15-4-2)17-12(16-10)9-7-5-8-9/h9H,3-8H2,1-2H3,(H,15,16,17). The van der Waals surface area contributed by atoms with Gasteiger partial charge in [-0.05, 0) is 42.1 Å². The lowest BCUT2D eigenvalue weighted by Crippen LogP contribution is -2.16. The van der Waals surface area contributed by atoms with Crippen molar-refractivity contribution in [1.29, 1.82) is 0 Å². The van der Waals surface area contributed by atoms with Crippen molar-refractivity contribution in [3.05, 3.63) is 16.0 Å². The minimum atomic E-state index is 0.594. The summed E-state index contributed by atoms with van der Waals surface area (Å²) in [7, 11) is 0. The Bertz CT molecular complexity index is 361. The maximum Gasteiger partial charge on any atom is 0.144 e. The molecule has 1 heterocycles. The van der Waals surface area contributed by atoms with Gasteiger partial charge < -0.3 is 5.32 Å². The van der Waals surface area contributed by atoms with Crippen molar-refractivity contribution < 1.29 is 0 Å². The molecule has 0 bridgehead atoms. The highest BCUT2D eigenvalue weighted by Gasteiger charge is 2.24. The molecule has 1 aromatic heterocycles. The van der Waals surface area contributed by atoms with Crippen LogP contribution < -0.4 is 5.32 Å². The highest BCUT2D eigenvalue weighted by atomic mass is 79.9. The zero-order valence-electron chi connectivity index (χ0n) is 10.6. The monoisotopic (exact) mass is 297 g/mol. The third-order valence-electron chi connectivity index (χ3n) is 3.24. The Morgan fingerprint density at radius 2 is 2.06 bits per heavy atom. The highest BCUT2D eigenvalue weighted by molar-refractivity contribution is 9.10. The number of aryl methyl sites for hydroxylation is 1. The van der Waals surface area contributed by atoms with Crippen LogP contribution in [0.4, 0.5) is 5.82 Å². The van der Waals surface area contributed by atoms with E-state index < -0.39 is 0 Å². The van der Waals surface area contributed by atoms with Crippen LogP contribution in [0.25, 0.3) is 0 Å². The lowest BCUT2D eigenvalue weighted by Gasteiger charge is -2.25. The SMILES string of the molecule is CCCc1nc(C2CCC2)nc(NCC)c1Br. The second-order valence-electron chi connectivity index (χ2n) is 4.60. The fourth-order valence-corrected chi connectivity index (χ4v) is 2.56. The summed E-state index contributed by atoms with van der Waals surface area (Å²) in [4.78, 5) is 9.39. The van der Waals surface area contributed by atoms with E-state index in [-0.39, 0.29) is 0 Å². The first-order chi connectivity index (χ1) is 8.26. The van der Waals surface area contributed by atoms with Crippen LogP contribution in [0.2, 0.25) is 0 Å². The molecule has 3 nitrogen and oxygen atoms in total. The fourth-order valence-electron chi connectivity index (χ4n) is 2.05. The summed E-state index contributed by atoms with van der Waals surface area (Å²) in [6.45, 7) is 5.17. The van der Waals surface area contributed by atoms with Gasteiger partial charge in [-0.25, -0.2) is 9.97 Å². The number of aromatic nitrogens is 2. The molecule has 1 aliphatic rings. The first kappa shape index (κ1) is 12.8. The molecule has 2 rings (SSSR count). The first-order valence-electron chi connectivity index (χ1n) is 6.56. The zero-order chi connectivity index (χ0) is 12.3. The molecule has 4 heteroatoms. The Hall–Kier alpha value is -0.640. The Morgan fingerprint density at radius 3 is 2.59 bits per heavy atom. The van der Waals surface area contributed by atoms with Gasteiger partial charge in [-0.2, -0.15) is 0 Å². The number of halogens is 1. The molecule has 0 aliphatic heterocycles. The quantitative estimate of drug-likeness (QED) is 0.896. The predicted molar refractivity (Wildman–Crippen MR) is 74.5 cm³/mol. The van der Waals surface area contributed by atoms with Gasteiger partial charge >= 0.3 is 0 Å². The van der Waals surface area contributed by atoms with Crippen LogP contribution >= 0.6 is 15.9 Å². The van der Waals surface area contributed by atoms with Crippen molar-refractivity contribution in [3.8, 4) is 0 Å². The number of nitrogens with one attached hydrogen (secondary N) is 1. The summed E-state index contributed by atoms with van der Waals surface area (Å²) >= 11 is 3.62. The molecule has 0 atom stereocenters. The zero-order valence-corrected chi connectivity index (χ0v) is 12.2. The van der Waals surface area contributed by atoms with Gasteiger partial charge in [-0.1, -0.05) is 19.8 Å². The number of hydrogen-bond donors (Lipinski definition) is 1. The number of rotatable bonds is 5. The van der Waals surface area contributed by atoms with Gasteiger partial charge in [0.15, 0.2) is 0 Å². The molecule has 1 saturated carbocycles. The van der Waals surface area contributed by atoms with Gasteiger partial charge in [0.2, 0.25) is 0 Å². The average molecular weight is 298 g/mol. The predicted octanol–water partition coefficient (Wildman–Crippen LogP) is 3.89. The molecule has 0 aromatic carbocycles. The van der Waals surface area contributed by atoms with E-state index in [9.17, 15) is 0 Å². The van der Waals surface area contributed by atoms with Crippen LogP contribution in [-0.2, 0) is 6.42 Å². The molecule has 1 N–H and O–H groups in total. The Kier molecular flexibility index (Phi) is 4.37. The molecule has 1 aliphatic carbocycles. The third-order valence-corrected chi connectivity index (χ3v) is 4.07. The van der Waals surface area contributed by atoms with Crippen LogP contribution in [0, 0.1) is 0 Å². The van der Waals surface area contributed by atoms with Crippen molar-refractivity contribution in [1.82, 2.24) is 9.97 Å². The van der Waals surface area contributed by atoms with E-state index in [1.807, 2.05) is 0 Å². The van der Waals surface area contributed by atoms with E-state index in [4.69, 9.17) is 4.98 Å². The summed E-state index contributed by atoms with van der Waals surface area (Å²) in [5.41, 5.74) is 1.15. The van der Waals surface area contributed by atoms with Gasteiger partial charge in [-0.3, -0.25) is 0 Å². The summed E-state index contributed by atoms with van der Waals surface area (Å²) in [6, 6.07) is 0. The smallest absolute Gasteiger partial charge is 0.144 e. The van der Waals surface area contributed by atoms with E-state index in [0.717, 1.165) is 41.2 Å². The molecule has 17 heavy (non-hydrogen) atoms. The Labute approximate surface area is 112 Å². The highest BCUT2D eigenvalue weighted by Crippen LogP contribution is 2.36. The molecule has 0 spiro atoms. The molecule has 1 aromatic rings. The lowest BCUT2D eigenvalue weighted by molar-refractivity contribution is 0.400. The number of anilines is 1. The molecular formula is C13H20BrN3. The first-order valence-corrected chi connectivity index (χ1v) is 7.35. The second kappa shape index (κ2) is 5.80. The van der Waals surface area contributed by atoms with E-state index in [1.54, 1.807) is 0 Å². The van der Waals surface area contributed by atoms with Crippen molar-refractivity contribution in [2.24, 2.45) is 0 Å². The minimum Gasteiger partial charge on any atom is -0.369 e. The molecule has 94 valence electrons.